The summed E-state index contributed by atoms with van der Waals surface area (Å²) < 4.78 is 36.5. The Kier molecular flexibility index (Phi) is 6.92. The van der Waals surface area contributed by atoms with Gasteiger partial charge in [-0.2, -0.15) is 4.39 Å². The molecular weight excluding hydrogens is 290 g/mol. The van der Waals surface area contributed by atoms with Crippen molar-refractivity contribution in [1.29, 1.82) is 0 Å². The zero-order valence-electron chi connectivity index (χ0n) is 11.3. The van der Waals surface area contributed by atoms with Crippen molar-refractivity contribution in [3.05, 3.63) is 33.9 Å². The maximum absolute atomic E-state index is 13.5. The summed E-state index contributed by atoms with van der Waals surface area (Å²) in [6.45, 7) is 0.887. The van der Waals surface area contributed by atoms with Gasteiger partial charge in [-0.05, 0) is 0 Å². The molecule has 0 aromatic heterocycles. The molecule has 1 unspecified atom stereocenters. The van der Waals surface area contributed by atoms with E-state index in [2.05, 4.69) is 5.32 Å². The Labute approximate surface area is 119 Å². The third-order valence-corrected chi connectivity index (χ3v) is 2.49. The third kappa shape index (κ3) is 5.58. The normalized spacial score (nSPS) is 12.2. The average molecular weight is 306 g/mol. The molecule has 1 aromatic carbocycles. The van der Waals surface area contributed by atoms with Crippen molar-refractivity contribution in [2.45, 2.75) is 6.10 Å². The molecule has 0 saturated carbocycles. The second kappa shape index (κ2) is 8.45. The van der Waals surface area contributed by atoms with E-state index in [1.54, 1.807) is 0 Å². The van der Waals surface area contributed by atoms with Gasteiger partial charge in [0.25, 0.3) is 0 Å². The van der Waals surface area contributed by atoms with Crippen LogP contribution < -0.4 is 10.1 Å². The summed E-state index contributed by atoms with van der Waals surface area (Å²) in [4.78, 5) is 9.39. The summed E-state index contributed by atoms with van der Waals surface area (Å²) in [6.07, 6.45) is -0.945. The zero-order chi connectivity index (χ0) is 15.8. The smallest absolute Gasteiger partial charge is 0.307 e. The fourth-order valence-corrected chi connectivity index (χ4v) is 1.46. The fraction of sp³-hybridized carbons (Fsp3) is 0.500. The number of rotatable bonds is 9. The van der Waals surface area contributed by atoms with Crippen molar-refractivity contribution in [3.63, 3.8) is 0 Å². The van der Waals surface area contributed by atoms with Gasteiger partial charge in [-0.1, -0.05) is 0 Å². The highest BCUT2D eigenvalue weighted by atomic mass is 19.1. The number of hydrogen-bond acceptors (Lipinski definition) is 6. The highest BCUT2D eigenvalue weighted by molar-refractivity contribution is 5.39. The second-order valence-corrected chi connectivity index (χ2v) is 4.15. The quantitative estimate of drug-likeness (QED) is 0.399. The van der Waals surface area contributed by atoms with E-state index in [1.165, 1.54) is 7.11 Å². The Morgan fingerprint density at radius 3 is 2.76 bits per heavy atom. The van der Waals surface area contributed by atoms with Crippen LogP contribution in [0.25, 0.3) is 0 Å². The molecule has 2 N–H and O–H groups in total. The van der Waals surface area contributed by atoms with Crippen molar-refractivity contribution in [2.75, 3.05) is 33.4 Å². The van der Waals surface area contributed by atoms with Crippen LogP contribution in [0, 0.1) is 21.7 Å². The van der Waals surface area contributed by atoms with E-state index in [9.17, 15) is 24.0 Å². The van der Waals surface area contributed by atoms with Crippen LogP contribution in [0.5, 0.6) is 5.75 Å². The second-order valence-electron chi connectivity index (χ2n) is 4.15. The number of aliphatic hydroxyl groups excluding tert-OH is 1. The Hall–Kier alpha value is -1.84. The summed E-state index contributed by atoms with van der Waals surface area (Å²) >= 11 is 0. The van der Waals surface area contributed by atoms with Gasteiger partial charge in [-0.15, -0.1) is 0 Å². The van der Waals surface area contributed by atoms with Crippen LogP contribution in [0.15, 0.2) is 12.1 Å². The molecule has 1 aromatic rings. The maximum atomic E-state index is 13.5. The number of nitrogens with one attached hydrogen (secondary N) is 1. The lowest BCUT2D eigenvalue weighted by Crippen LogP contribution is -2.33. The molecule has 0 radical (unpaired) electrons. The molecule has 7 nitrogen and oxygen atoms in total. The van der Waals surface area contributed by atoms with Crippen molar-refractivity contribution in [1.82, 2.24) is 5.32 Å². The van der Waals surface area contributed by atoms with Gasteiger partial charge in [0, 0.05) is 26.3 Å². The minimum atomic E-state index is -1.20. The highest BCUT2D eigenvalue weighted by Gasteiger charge is 2.19. The first-order chi connectivity index (χ1) is 9.95. The van der Waals surface area contributed by atoms with Crippen molar-refractivity contribution in [2.24, 2.45) is 0 Å². The topological polar surface area (TPSA) is 93.9 Å². The van der Waals surface area contributed by atoms with E-state index in [4.69, 9.17) is 9.47 Å². The molecule has 0 aliphatic carbocycles. The predicted molar refractivity (Wildman–Crippen MR) is 69.3 cm³/mol. The van der Waals surface area contributed by atoms with E-state index in [0.29, 0.717) is 25.3 Å². The first kappa shape index (κ1) is 17.2. The standard InChI is InChI=1S/C12H16F2N2O5/c1-20-3-2-15-6-8(17)7-21-12-5-9(13)11(16(18)19)4-10(12)14/h4-5,8,15,17H,2-3,6-7H2,1H3. The molecule has 0 fully saturated rings. The van der Waals surface area contributed by atoms with Crippen LogP contribution >= 0.6 is 0 Å². The predicted octanol–water partition coefficient (Wildman–Crippen LogP) is 0.849. The van der Waals surface area contributed by atoms with Crippen molar-refractivity contribution >= 4 is 5.69 Å². The average Bonchev–Trinajstić information content (AvgIpc) is 2.43. The van der Waals surface area contributed by atoms with Crippen LogP contribution in [0.4, 0.5) is 14.5 Å². The molecular formula is C12H16F2N2O5. The van der Waals surface area contributed by atoms with Crippen molar-refractivity contribution in [3.8, 4) is 5.75 Å². The number of benzene rings is 1. The molecule has 0 saturated heterocycles. The molecule has 118 valence electrons. The van der Waals surface area contributed by atoms with Gasteiger partial charge in [0.1, 0.15) is 12.7 Å². The number of halogens is 2. The first-order valence-electron chi connectivity index (χ1n) is 6.09. The molecule has 1 rings (SSSR count). The van der Waals surface area contributed by atoms with Gasteiger partial charge in [-0.25, -0.2) is 4.39 Å². The monoisotopic (exact) mass is 306 g/mol. The number of hydrogen-bond donors (Lipinski definition) is 2. The third-order valence-electron chi connectivity index (χ3n) is 2.49. The van der Waals surface area contributed by atoms with Crippen LogP contribution in [-0.4, -0.2) is 49.5 Å². The lowest BCUT2D eigenvalue weighted by molar-refractivity contribution is -0.387. The molecule has 0 bridgehead atoms. The van der Waals surface area contributed by atoms with E-state index in [0.717, 1.165) is 0 Å². The first-order valence-corrected chi connectivity index (χ1v) is 6.09. The molecule has 9 heteroatoms. The summed E-state index contributed by atoms with van der Waals surface area (Å²) in [7, 11) is 1.53. The summed E-state index contributed by atoms with van der Waals surface area (Å²) in [5.41, 5.74) is -0.971. The minimum absolute atomic E-state index is 0.181. The minimum Gasteiger partial charge on any atom is -0.488 e. The number of ether oxygens (including phenoxy) is 2. The lowest BCUT2D eigenvalue weighted by Gasteiger charge is -2.13. The van der Waals surface area contributed by atoms with Crippen molar-refractivity contribution < 1.29 is 28.3 Å². The van der Waals surface area contributed by atoms with E-state index in [-0.39, 0.29) is 13.2 Å². The number of nitrogens with zero attached hydrogens (tertiary/aromatic N) is 1. The van der Waals surface area contributed by atoms with Gasteiger partial charge in [-0.3, -0.25) is 10.1 Å². The number of nitro benzene ring substituents is 1. The molecule has 1 atom stereocenters. The Morgan fingerprint density at radius 2 is 2.14 bits per heavy atom. The SMILES string of the molecule is COCCNCC(O)COc1cc(F)c([N+](=O)[O-])cc1F. The number of nitro groups is 1. The number of methoxy groups -OCH3 is 1. The molecule has 0 aliphatic heterocycles. The summed E-state index contributed by atoms with van der Waals surface area (Å²) in [5.74, 6) is -2.76. The molecule has 0 aliphatic rings. The van der Waals surface area contributed by atoms with E-state index >= 15 is 0 Å². The van der Waals surface area contributed by atoms with Gasteiger partial charge >= 0.3 is 5.69 Å². The molecule has 0 heterocycles. The highest BCUT2D eigenvalue weighted by Crippen LogP contribution is 2.26. The van der Waals surface area contributed by atoms with E-state index < -0.39 is 34.1 Å². The summed E-state index contributed by atoms with van der Waals surface area (Å²) in [5, 5.41) is 22.8. The fourth-order valence-electron chi connectivity index (χ4n) is 1.46. The van der Waals surface area contributed by atoms with E-state index in [1.807, 2.05) is 0 Å². The Balaban J connectivity index is 2.52. The number of aliphatic hydroxyl groups is 1. The lowest BCUT2D eigenvalue weighted by atomic mass is 10.2. The molecule has 0 spiro atoms. The van der Waals surface area contributed by atoms with Gasteiger partial charge < -0.3 is 19.9 Å². The Morgan fingerprint density at radius 1 is 1.43 bits per heavy atom. The molecule has 21 heavy (non-hydrogen) atoms. The Bertz CT molecular complexity index is 487. The van der Waals surface area contributed by atoms with Gasteiger partial charge in [0.2, 0.25) is 5.82 Å². The summed E-state index contributed by atoms with van der Waals surface area (Å²) in [6, 6.07) is 1.02. The van der Waals surface area contributed by atoms with Crippen LogP contribution in [0.2, 0.25) is 0 Å². The largest absolute Gasteiger partial charge is 0.488 e. The zero-order valence-corrected chi connectivity index (χ0v) is 11.3. The van der Waals surface area contributed by atoms with Crippen LogP contribution in [-0.2, 0) is 4.74 Å². The van der Waals surface area contributed by atoms with Gasteiger partial charge in [0.05, 0.1) is 17.6 Å². The van der Waals surface area contributed by atoms with Gasteiger partial charge in [0.15, 0.2) is 11.6 Å². The van der Waals surface area contributed by atoms with Crippen LogP contribution in [0.3, 0.4) is 0 Å². The molecule has 0 amide bonds. The maximum Gasteiger partial charge on any atom is 0.307 e. The van der Waals surface area contributed by atoms with Crippen LogP contribution in [0.1, 0.15) is 0 Å².